The normalized spacial score (nSPS) is 11.9. The zero-order chi connectivity index (χ0) is 23.7. The number of nitrogens with one attached hydrogen (secondary N) is 1. The number of anilines is 1. The van der Waals surface area contributed by atoms with Crippen LogP contribution in [-0.4, -0.2) is 33.9 Å². The average Bonchev–Trinajstić information content (AvgIpc) is 3.14. The fraction of sp³-hybridized carbons (Fsp3) is 0.269. The van der Waals surface area contributed by atoms with E-state index < -0.39 is 6.10 Å². The lowest BCUT2D eigenvalue weighted by atomic mass is 10.0. The van der Waals surface area contributed by atoms with Gasteiger partial charge in [-0.15, -0.1) is 0 Å². The second kappa shape index (κ2) is 8.94. The Hall–Kier alpha value is -3.87. The number of hydrogen-bond acceptors (Lipinski definition) is 5. The Balaban J connectivity index is 1.60. The van der Waals surface area contributed by atoms with Crippen LogP contribution < -0.4 is 14.8 Å². The lowest BCUT2D eigenvalue weighted by Crippen LogP contribution is -2.31. The molecular formula is C26H28N4O3. The Morgan fingerprint density at radius 2 is 1.67 bits per heavy atom. The van der Waals surface area contributed by atoms with Crippen LogP contribution in [0.2, 0.25) is 0 Å². The second-order valence-electron chi connectivity index (χ2n) is 8.28. The predicted molar refractivity (Wildman–Crippen MR) is 130 cm³/mol. The number of ether oxygens (including phenoxy) is 2. The summed E-state index contributed by atoms with van der Waals surface area (Å²) < 4.78 is 12.6. The molecule has 1 unspecified atom stereocenters. The van der Waals surface area contributed by atoms with Crippen LogP contribution in [0.4, 0.5) is 5.82 Å². The molecule has 0 spiro atoms. The number of aryl methyl sites for hydroxylation is 4. The average molecular weight is 445 g/mol. The molecule has 2 aromatic carbocycles. The Labute approximate surface area is 193 Å². The van der Waals surface area contributed by atoms with Gasteiger partial charge in [0.15, 0.2) is 11.9 Å². The predicted octanol–water partition coefficient (Wildman–Crippen LogP) is 5.07. The molecule has 2 heterocycles. The summed E-state index contributed by atoms with van der Waals surface area (Å²) in [5.74, 6) is 2.22. The Morgan fingerprint density at radius 1 is 0.970 bits per heavy atom. The molecule has 0 bridgehead atoms. The summed E-state index contributed by atoms with van der Waals surface area (Å²) in [6.07, 6.45) is -0.710. The van der Waals surface area contributed by atoms with E-state index in [1.807, 2.05) is 19.1 Å². The van der Waals surface area contributed by atoms with Crippen LogP contribution >= 0.6 is 0 Å². The van der Waals surface area contributed by atoms with Crippen molar-refractivity contribution < 1.29 is 14.3 Å². The van der Waals surface area contributed by atoms with Crippen LogP contribution in [-0.2, 0) is 4.79 Å². The number of amides is 1. The van der Waals surface area contributed by atoms with Gasteiger partial charge in [-0.05, 0) is 82.1 Å². The van der Waals surface area contributed by atoms with E-state index in [0.717, 1.165) is 33.5 Å². The van der Waals surface area contributed by atoms with Crippen molar-refractivity contribution in [3.05, 3.63) is 70.9 Å². The number of carbonyl (C=O) groups is 1. The van der Waals surface area contributed by atoms with Gasteiger partial charge in [0.1, 0.15) is 17.3 Å². The lowest BCUT2D eigenvalue weighted by molar-refractivity contribution is -0.122. The molecule has 0 aliphatic heterocycles. The molecule has 4 aromatic rings. The number of carbonyl (C=O) groups excluding carboxylic acids is 1. The van der Waals surface area contributed by atoms with Gasteiger partial charge in [0, 0.05) is 11.5 Å². The summed E-state index contributed by atoms with van der Waals surface area (Å²) in [7, 11) is 1.60. The number of pyridine rings is 1. The number of benzene rings is 2. The summed E-state index contributed by atoms with van der Waals surface area (Å²) in [5, 5.41) is 8.63. The number of hydrogen-bond donors (Lipinski definition) is 1. The van der Waals surface area contributed by atoms with Crippen molar-refractivity contribution in [1.29, 1.82) is 0 Å². The highest BCUT2D eigenvalue weighted by atomic mass is 16.5. The molecule has 33 heavy (non-hydrogen) atoms. The smallest absolute Gasteiger partial charge is 0.266 e. The van der Waals surface area contributed by atoms with Crippen molar-refractivity contribution in [2.24, 2.45) is 0 Å². The van der Waals surface area contributed by atoms with E-state index in [-0.39, 0.29) is 5.91 Å². The van der Waals surface area contributed by atoms with Crippen molar-refractivity contribution in [3.8, 4) is 17.3 Å². The second-order valence-corrected chi connectivity index (χ2v) is 8.28. The van der Waals surface area contributed by atoms with Crippen molar-refractivity contribution in [1.82, 2.24) is 14.8 Å². The number of nitrogens with zero attached hydrogens (tertiary/aromatic N) is 3. The van der Waals surface area contributed by atoms with E-state index in [2.05, 4.69) is 43.3 Å². The van der Waals surface area contributed by atoms with Gasteiger partial charge >= 0.3 is 0 Å². The highest BCUT2D eigenvalue weighted by molar-refractivity contribution is 5.94. The molecule has 1 N–H and O–H groups in total. The monoisotopic (exact) mass is 444 g/mol. The molecule has 0 aliphatic carbocycles. The molecule has 0 saturated heterocycles. The third kappa shape index (κ3) is 4.67. The molecule has 2 aromatic heterocycles. The highest BCUT2D eigenvalue weighted by Crippen LogP contribution is 2.26. The Kier molecular flexibility index (Phi) is 6.05. The molecule has 1 amide bonds. The first-order valence-electron chi connectivity index (χ1n) is 10.8. The molecule has 0 aliphatic rings. The maximum atomic E-state index is 12.9. The van der Waals surface area contributed by atoms with Crippen LogP contribution in [0.5, 0.6) is 11.5 Å². The van der Waals surface area contributed by atoms with Crippen molar-refractivity contribution in [2.45, 2.75) is 40.7 Å². The summed E-state index contributed by atoms with van der Waals surface area (Å²) in [5.41, 5.74) is 5.10. The van der Waals surface area contributed by atoms with Gasteiger partial charge < -0.3 is 14.8 Å². The van der Waals surface area contributed by atoms with Crippen molar-refractivity contribution in [3.63, 3.8) is 0 Å². The first-order valence-corrected chi connectivity index (χ1v) is 10.8. The van der Waals surface area contributed by atoms with E-state index >= 15 is 0 Å². The first kappa shape index (κ1) is 22.3. The molecule has 4 rings (SSSR count). The van der Waals surface area contributed by atoms with Gasteiger partial charge in [0.2, 0.25) is 0 Å². The SMILES string of the molecule is COc1ccc(OC(C)C(=O)Nc2cc(C)nn2-c2cc(C)c3cc(C)cc(C)c3n2)cc1. The lowest BCUT2D eigenvalue weighted by Gasteiger charge is -2.16. The fourth-order valence-electron chi connectivity index (χ4n) is 3.84. The van der Waals surface area contributed by atoms with E-state index in [9.17, 15) is 4.79 Å². The molecule has 0 saturated carbocycles. The standard InChI is InChI=1S/C26H28N4O3/c1-15-11-17(3)25-22(12-15)16(2)13-23(27-25)30-24(14-18(4)29-30)28-26(31)19(5)33-21-9-7-20(32-6)8-10-21/h7-14,19H,1-6H3,(H,28,31). The molecule has 7 heteroatoms. The topological polar surface area (TPSA) is 78.3 Å². The minimum atomic E-state index is -0.710. The van der Waals surface area contributed by atoms with Crippen LogP contribution in [0.25, 0.3) is 16.7 Å². The van der Waals surface area contributed by atoms with Gasteiger partial charge in [-0.2, -0.15) is 9.78 Å². The summed E-state index contributed by atoms with van der Waals surface area (Å²) in [6, 6.07) is 15.2. The largest absolute Gasteiger partial charge is 0.497 e. The zero-order valence-corrected chi connectivity index (χ0v) is 19.8. The van der Waals surface area contributed by atoms with Gasteiger partial charge in [0.05, 0.1) is 18.3 Å². The minimum absolute atomic E-state index is 0.281. The molecule has 7 nitrogen and oxygen atoms in total. The van der Waals surface area contributed by atoms with Crippen LogP contribution in [0.3, 0.4) is 0 Å². The van der Waals surface area contributed by atoms with Crippen LogP contribution in [0.1, 0.15) is 29.3 Å². The van der Waals surface area contributed by atoms with Crippen LogP contribution in [0, 0.1) is 27.7 Å². The van der Waals surface area contributed by atoms with Gasteiger partial charge in [-0.3, -0.25) is 4.79 Å². The molecule has 0 fully saturated rings. The quantitative estimate of drug-likeness (QED) is 0.449. The summed E-state index contributed by atoms with van der Waals surface area (Å²) in [6.45, 7) is 9.79. The number of rotatable bonds is 6. The first-order chi connectivity index (χ1) is 15.7. The zero-order valence-electron chi connectivity index (χ0n) is 19.8. The Bertz CT molecular complexity index is 1330. The van der Waals surface area contributed by atoms with Gasteiger partial charge in [-0.1, -0.05) is 11.6 Å². The van der Waals surface area contributed by atoms with E-state index in [4.69, 9.17) is 14.5 Å². The number of methoxy groups -OCH3 is 1. The summed E-state index contributed by atoms with van der Waals surface area (Å²) in [4.78, 5) is 17.7. The van der Waals surface area contributed by atoms with Gasteiger partial charge in [0.25, 0.3) is 5.91 Å². The number of aromatic nitrogens is 3. The third-order valence-corrected chi connectivity index (χ3v) is 5.48. The molecular weight excluding hydrogens is 416 g/mol. The van der Waals surface area contributed by atoms with Crippen LogP contribution in [0.15, 0.2) is 48.5 Å². The van der Waals surface area contributed by atoms with Gasteiger partial charge in [-0.25, -0.2) is 4.98 Å². The number of fused-ring (bicyclic) bond motifs is 1. The van der Waals surface area contributed by atoms with Crippen molar-refractivity contribution >= 4 is 22.6 Å². The Morgan fingerprint density at radius 3 is 2.36 bits per heavy atom. The molecule has 170 valence electrons. The van der Waals surface area contributed by atoms with E-state index in [0.29, 0.717) is 17.4 Å². The molecule has 1 atom stereocenters. The highest BCUT2D eigenvalue weighted by Gasteiger charge is 2.19. The minimum Gasteiger partial charge on any atom is -0.497 e. The van der Waals surface area contributed by atoms with Crippen molar-refractivity contribution in [2.75, 3.05) is 12.4 Å². The van der Waals surface area contributed by atoms with E-state index in [1.165, 1.54) is 5.56 Å². The fourth-order valence-corrected chi connectivity index (χ4v) is 3.84. The maximum Gasteiger partial charge on any atom is 0.266 e. The van der Waals surface area contributed by atoms with E-state index in [1.54, 1.807) is 43.0 Å². The third-order valence-electron chi connectivity index (χ3n) is 5.48. The maximum absolute atomic E-state index is 12.9. The summed E-state index contributed by atoms with van der Waals surface area (Å²) >= 11 is 0. The molecule has 0 radical (unpaired) electrons.